The highest BCUT2D eigenvalue weighted by Gasteiger charge is 2.40. The van der Waals surface area contributed by atoms with Crippen LogP contribution in [-0.2, 0) is 28.3 Å². The van der Waals surface area contributed by atoms with E-state index in [0.29, 0.717) is 6.54 Å². The fraction of sp³-hybridized carbons (Fsp3) is 0.421. The number of benzene rings is 1. The van der Waals surface area contributed by atoms with Gasteiger partial charge in [0.2, 0.25) is 10.0 Å². The van der Waals surface area contributed by atoms with Crippen molar-refractivity contribution >= 4 is 26.6 Å². The summed E-state index contributed by atoms with van der Waals surface area (Å²) in [5.74, 6) is 0. The Labute approximate surface area is 152 Å². The minimum atomic E-state index is -3.30. The molecule has 1 aliphatic heterocycles. The largest absolute Gasteiger partial charge is 0.353 e. The van der Waals surface area contributed by atoms with E-state index in [9.17, 15) is 8.42 Å². The summed E-state index contributed by atoms with van der Waals surface area (Å²) in [6, 6.07) is 4.21. The summed E-state index contributed by atoms with van der Waals surface area (Å²) in [4.78, 5) is 3.58. The first kappa shape index (κ1) is 15.9. The van der Waals surface area contributed by atoms with Gasteiger partial charge >= 0.3 is 0 Å². The minimum absolute atomic E-state index is 0.214. The van der Waals surface area contributed by atoms with Gasteiger partial charge in [0.05, 0.1) is 29.5 Å². The van der Waals surface area contributed by atoms with Crippen molar-refractivity contribution in [2.45, 2.75) is 38.5 Å². The van der Waals surface area contributed by atoms with Crippen molar-refractivity contribution in [3.8, 4) is 11.4 Å². The standard InChI is InChI=1S/C19H22N4O2S/c1-19(2)10-23(26(3,24)25)16-7-13-12-6-4-5-11-9-20-22-17(11)18(12)21-15(13)8-14(16)19/h7-9,21H,4-6,10H2,1-3H3,(H,20,22). The first-order valence-electron chi connectivity index (χ1n) is 8.95. The molecule has 0 bridgehead atoms. The number of anilines is 1. The third kappa shape index (κ3) is 2.09. The van der Waals surface area contributed by atoms with Crippen LogP contribution in [0, 0.1) is 0 Å². The van der Waals surface area contributed by atoms with Gasteiger partial charge in [-0.1, -0.05) is 13.8 Å². The van der Waals surface area contributed by atoms with Gasteiger partial charge in [0.1, 0.15) is 0 Å². The molecule has 0 atom stereocenters. The fourth-order valence-electron chi connectivity index (χ4n) is 4.51. The number of H-pyrrole nitrogens is 2. The molecule has 0 radical (unpaired) electrons. The average molecular weight is 370 g/mol. The Balaban J connectivity index is 1.81. The van der Waals surface area contributed by atoms with Crippen LogP contribution >= 0.6 is 0 Å². The molecule has 5 rings (SSSR count). The highest BCUT2D eigenvalue weighted by Crippen LogP contribution is 2.46. The molecule has 1 aromatic carbocycles. The highest BCUT2D eigenvalue weighted by atomic mass is 32.2. The number of aryl methyl sites for hydroxylation is 2. The smallest absolute Gasteiger partial charge is 0.232 e. The number of fused-ring (bicyclic) bond motifs is 6. The van der Waals surface area contributed by atoms with Crippen molar-refractivity contribution in [1.82, 2.24) is 15.2 Å². The Morgan fingerprint density at radius 3 is 2.77 bits per heavy atom. The Morgan fingerprint density at radius 2 is 2.00 bits per heavy atom. The molecule has 3 aromatic rings. The van der Waals surface area contributed by atoms with Gasteiger partial charge in [-0.2, -0.15) is 5.10 Å². The molecule has 0 amide bonds. The van der Waals surface area contributed by atoms with Gasteiger partial charge in [-0.25, -0.2) is 8.42 Å². The van der Waals surface area contributed by atoms with Crippen molar-refractivity contribution in [2.24, 2.45) is 0 Å². The minimum Gasteiger partial charge on any atom is -0.353 e. The van der Waals surface area contributed by atoms with Crippen molar-refractivity contribution in [3.63, 3.8) is 0 Å². The zero-order chi connectivity index (χ0) is 18.3. The van der Waals surface area contributed by atoms with Crippen LogP contribution in [0.1, 0.15) is 37.0 Å². The van der Waals surface area contributed by atoms with Gasteiger partial charge in [-0.15, -0.1) is 0 Å². The zero-order valence-corrected chi connectivity index (χ0v) is 16.0. The Hall–Kier alpha value is -2.28. The summed E-state index contributed by atoms with van der Waals surface area (Å²) in [5, 5.41) is 8.46. The lowest BCUT2D eigenvalue weighted by Crippen LogP contribution is -2.33. The van der Waals surface area contributed by atoms with Gasteiger partial charge < -0.3 is 4.98 Å². The number of rotatable bonds is 1. The van der Waals surface area contributed by atoms with Crippen LogP contribution in [0.2, 0.25) is 0 Å². The summed E-state index contributed by atoms with van der Waals surface area (Å²) in [6.07, 6.45) is 6.23. The molecule has 3 heterocycles. The summed E-state index contributed by atoms with van der Waals surface area (Å²) in [5.41, 5.74) is 7.40. The molecular formula is C19H22N4O2S. The normalized spacial score (nSPS) is 18.5. The lowest BCUT2D eigenvalue weighted by Gasteiger charge is -2.20. The number of aromatic amines is 2. The van der Waals surface area contributed by atoms with Crippen LogP contribution in [0.5, 0.6) is 0 Å². The van der Waals surface area contributed by atoms with Crippen LogP contribution in [0.15, 0.2) is 18.3 Å². The van der Waals surface area contributed by atoms with E-state index < -0.39 is 10.0 Å². The molecule has 7 heteroatoms. The lowest BCUT2D eigenvalue weighted by atomic mass is 9.86. The summed E-state index contributed by atoms with van der Waals surface area (Å²) in [6.45, 7) is 4.69. The number of nitrogens with one attached hydrogen (secondary N) is 2. The number of hydrogen-bond donors (Lipinski definition) is 2. The molecule has 0 unspecified atom stereocenters. The van der Waals surface area contributed by atoms with E-state index in [1.807, 2.05) is 6.20 Å². The molecule has 0 saturated carbocycles. The topological polar surface area (TPSA) is 81.9 Å². The zero-order valence-electron chi connectivity index (χ0n) is 15.2. The molecule has 0 saturated heterocycles. The lowest BCUT2D eigenvalue weighted by molar-refractivity contribution is 0.557. The van der Waals surface area contributed by atoms with Crippen LogP contribution in [0.4, 0.5) is 5.69 Å². The van der Waals surface area contributed by atoms with Crippen LogP contribution < -0.4 is 4.31 Å². The van der Waals surface area contributed by atoms with E-state index in [2.05, 4.69) is 41.2 Å². The molecule has 0 fully saturated rings. The molecule has 2 aliphatic rings. The van der Waals surface area contributed by atoms with E-state index in [1.54, 1.807) is 4.31 Å². The van der Waals surface area contributed by atoms with Gasteiger partial charge in [0.25, 0.3) is 0 Å². The second-order valence-corrected chi connectivity index (χ2v) is 10.1. The first-order valence-corrected chi connectivity index (χ1v) is 10.8. The number of hydrogen-bond acceptors (Lipinski definition) is 3. The van der Waals surface area contributed by atoms with Gasteiger partial charge in [0, 0.05) is 22.9 Å². The third-order valence-corrected chi connectivity index (χ3v) is 6.93. The predicted octanol–water partition coefficient (Wildman–Crippen LogP) is 3.10. The monoisotopic (exact) mass is 370 g/mol. The van der Waals surface area contributed by atoms with Crippen molar-refractivity contribution < 1.29 is 8.42 Å². The van der Waals surface area contributed by atoms with Crippen molar-refractivity contribution in [1.29, 1.82) is 0 Å². The summed E-state index contributed by atoms with van der Waals surface area (Å²) in [7, 11) is -3.30. The maximum Gasteiger partial charge on any atom is 0.232 e. The highest BCUT2D eigenvalue weighted by molar-refractivity contribution is 7.92. The van der Waals surface area contributed by atoms with E-state index in [0.717, 1.165) is 52.8 Å². The maximum atomic E-state index is 12.3. The Bertz CT molecular complexity index is 1150. The average Bonchev–Trinajstić information content (AvgIpc) is 3.19. The molecule has 26 heavy (non-hydrogen) atoms. The number of aromatic nitrogens is 3. The third-order valence-electron chi connectivity index (χ3n) is 5.80. The van der Waals surface area contributed by atoms with Gasteiger partial charge in [-0.3, -0.25) is 9.40 Å². The van der Waals surface area contributed by atoms with Gasteiger partial charge in [-0.05, 0) is 48.1 Å². The predicted molar refractivity (Wildman–Crippen MR) is 103 cm³/mol. The fourth-order valence-corrected chi connectivity index (χ4v) is 5.57. The second-order valence-electron chi connectivity index (χ2n) is 8.17. The van der Waals surface area contributed by atoms with Crippen molar-refractivity contribution in [3.05, 3.63) is 35.0 Å². The SMILES string of the molecule is CC1(C)CN(S(C)(=O)=O)c2cc3c4c([nH]c3cc21)-c1[nH]ncc1CCC4. The van der Waals surface area contributed by atoms with E-state index in [1.165, 1.54) is 17.4 Å². The van der Waals surface area contributed by atoms with Crippen LogP contribution in [0.3, 0.4) is 0 Å². The Morgan fingerprint density at radius 1 is 1.19 bits per heavy atom. The molecule has 6 nitrogen and oxygen atoms in total. The van der Waals surface area contributed by atoms with Gasteiger partial charge in [0.15, 0.2) is 0 Å². The molecule has 1 aliphatic carbocycles. The first-order chi connectivity index (χ1) is 12.3. The quantitative estimate of drug-likeness (QED) is 0.690. The van der Waals surface area contributed by atoms with Crippen LogP contribution in [0.25, 0.3) is 22.3 Å². The molecule has 2 N–H and O–H groups in total. The van der Waals surface area contributed by atoms with E-state index in [-0.39, 0.29) is 5.41 Å². The second kappa shape index (κ2) is 4.91. The number of sulfonamides is 1. The van der Waals surface area contributed by atoms with E-state index in [4.69, 9.17) is 0 Å². The molecular weight excluding hydrogens is 348 g/mol. The molecule has 0 spiro atoms. The summed E-state index contributed by atoms with van der Waals surface area (Å²) >= 11 is 0. The van der Waals surface area contributed by atoms with Crippen LogP contribution in [-0.4, -0.2) is 36.4 Å². The van der Waals surface area contributed by atoms with Crippen molar-refractivity contribution in [2.75, 3.05) is 17.1 Å². The Kier molecular flexibility index (Phi) is 3.01. The maximum absolute atomic E-state index is 12.3. The molecule has 136 valence electrons. The summed E-state index contributed by atoms with van der Waals surface area (Å²) < 4.78 is 26.2. The number of nitrogens with zero attached hydrogens (tertiary/aromatic N) is 2. The van der Waals surface area contributed by atoms with E-state index >= 15 is 0 Å². The molecule has 2 aromatic heterocycles.